The Morgan fingerprint density at radius 1 is 1.00 bits per heavy atom. The van der Waals surface area contributed by atoms with Gasteiger partial charge in [-0.15, -0.1) is 12.4 Å². The van der Waals surface area contributed by atoms with E-state index in [2.05, 4.69) is 10.6 Å². The molecular formula is C16H26ClF3N2O. The first-order valence-corrected chi connectivity index (χ1v) is 8.56. The van der Waals surface area contributed by atoms with Crippen molar-refractivity contribution in [3.05, 3.63) is 0 Å². The number of nitrogens with one attached hydrogen (secondary N) is 2. The Labute approximate surface area is 141 Å². The second-order valence-corrected chi connectivity index (χ2v) is 7.22. The van der Waals surface area contributed by atoms with Crippen molar-refractivity contribution < 1.29 is 18.0 Å². The van der Waals surface area contributed by atoms with Gasteiger partial charge in [-0.2, -0.15) is 13.2 Å². The van der Waals surface area contributed by atoms with Crippen LogP contribution in [0.15, 0.2) is 0 Å². The van der Waals surface area contributed by atoms with Crippen LogP contribution in [0.2, 0.25) is 0 Å². The van der Waals surface area contributed by atoms with E-state index in [9.17, 15) is 18.0 Å². The number of alkyl halides is 3. The highest BCUT2D eigenvalue weighted by molar-refractivity contribution is 5.85. The lowest BCUT2D eigenvalue weighted by Crippen LogP contribution is -2.48. The maximum absolute atomic E-state index is 12.8. The van der Waals surface area contributed by atoms with Gasteiger partial charge in [-0.1, -0.05) is 19.3 Å². The molecule has 23 heavy (non-hydrogen) atoms. The van der Waals surface area contributed by atoms with Crippen molar-refractivity contribution in [3.8, 4) is 0 Å². The molecule has 0 spiro atoms. The van der Waals surface area contributed by atoms with Gasteiger partial charge in [0.15, 0.2) is 0 Å². The van der Waals surface area contributed by atoms with E-state index in [-0.39, 0.29) is 43.2 Å². The average Bonchev–Trinajstić information content (AvgIpc) is 2.90. The number of hydrogen-bond acceptors (Lipinski definition) is 2. The molecule has 0 aromatic heterocycles. The van der Waals surface area contributed by atoms with E-state index in [0.717, 1.165) is 12.8 Å². The molecule has 2 saturated carbocycles. The molecule has 134 valence electrons. The van der Waals surface area contributed by atoms with E-state index < -0.39 is 12.1 Å². The summed E-state index contributed by atoms with van der Waals surface area (Å²) in [5.41, 5.74) is 0. The first-order valence-electron chi connectivity index (χ1n) is 8.56. The highest BCUT2D eigenvalue weighted by Crippen LogP contribution is 2.38. The molecule has 3 nitrogen and oxygen atoms in total. The van der Waals surface area contributed by atoms with Crippen LogP contribution in [0, 0.1) is 11.8 Å². The van der Waals surface area contributed by atoms with Crippen LogP contribution >= 0.6 is 12.4 Å². The Bertz CT molecular complexity index is 405. The molecule has 5 atom stereocenters. The molecule has 7 heteroatoms. The smallest absolute Gasteiger partial charge is 0.352 e. The standard InChI is InChI=1S/C16H25F3N2O.ClH/c17-16(18,19)11-5-3-6-12(9-11)20-15(22)14-8-10-4-1-2-7-13(10)21-14;/h10-14,21H,1-9H2,(H,20,22);1H. The predicted molar refractivity (Wildman–Crippen MR) is 84.5 cm³/mol. The molecule has 1 aliphatic heterocycles. The average molecular weight is 355 g/mol. The summed E-state index contributed by atoms with van der Waals surface area (Å²) in [5, 5.41) is 6.26. The van der Waals surface area contributed by atoms with Crippen molar-refractivity contribution in [1.29, 1.82) is 0 Å². The van der Waals surface area contributed by atoms with Crippen molar-refractivity contribution in [2.24, 2.45) is 11.8 Å². The van der Waals surface area contributed by atoms with Gasteiger partial charge in [0.05, 0.1) is 12.0 Å². The van der Waals surface area contributed by atoms with E-state index in [1.807, 2.05) is 0 Å². The van der Waals surface area contributed by atoms with Crippen molar-refractivity contribution in [3.63, 3.8) is 0 Å². The van der Waals surface area contributed by atoms with E-state index >= 15 is 0 Å². The SMILES string of the molecule is Cl.O=C(NC1CCCC(C(F)(F)F)C1)C1CC2CCCCC2N1. The lowest BCUT2D eigenvalue weighted by Gasteiger charge is -2.31. The lowest BCUT2D eigenvalue weighted by molar-refractivity contribution is -0.184. The number of carbonyl (C=O) groups excluding carboxylic acids is 1. The molecule has 1 heterocycles. The molecule has 1 saturated heterocycles. The van der Waals surface area contributed by atoms with E-state index in [1.54, 1.807) is 0 Å². The first kappa shape index (κ1) is 18.8. The fraction of sp³-hybridized carbons (Fsp3) is 0.938. The monoisotopic (exact) mass is 354 g/mol. The van der Waals surface area contributed by atoms with Gasteiger partial charge in [0.25, 0.3) is 0 Å². The molecule has 2 aliphatic carbocycles. The summed E-state index contributed by atoms with van der Waals surface area (Å²) >= 11 is 0. The van der Waals surface area contributed by atoms with Crippen molar-refractivity contribution in [2.45, 2.75) is 82.1 Å². The second-order valence-electron chi connectivity index (χ2n) is 7.22. The molecule has 2 N–H and O–H groups in total. The Morgan fingerprint density at radius 3 is 2.43 bits per heavy atom. The van der Waals surface area contributed by atoms with E-state index in [4.69, 9.17) is 0 Å². The second kappa shape index (κ2) is 7.60. The third-order valence-corrected chi connectivity index (χ3v) is 5.66. The van der Waals surface area contributed by atoms with Crippen molar-refractivity contribution >= 4 is 18.3 Å². The number of hydrogen-bond donors (Lipinski definition) is 2. The molecular weight excluding hydrogens is 329 g/mol. The largest absolute Gasteiger partial charge is 0.391 e. The molecule has 3 fully saturated rings. The summed E-state index contributed by atoms with van der Waals surface area (Å²) < 4.78 is 38.5. The number of fused-ring (bicyclic) bond motifs is 1. The minimum absolute atomic E-state index is 0. The Balaban J connectivity index is 0.00000192. The molecule has 1 amide bonds. The van der Waals surface area contributed by atoms with Gasteiger partial charge in [0, 0.05) is 12.1 Å². The summed E-state index contributed by atoms with van der Waals surface area (Å²) in [5.74, 6) is -0.785. The van der Waals surface area contributed by atoms with Gasteiger partial charge >= 0.3 is 6.18 Å². The van der Waals surface area contributed by atoms with Crippen LogP contribution in [0.25, 0.3) is 0 Å². The van der Waals surface area contributed by atoms with E-state index in [1.165, 1.54) is 19.3 Å². The van der Waals surface area contributed by atoms with Gasteiger partial charge in [0.1, 0.15) is 0 Å². The van der Waals surface area contributed by atoms with Gasteiger partial charge in [-0.3, -0.25) is 4.79 Å². The molecule has 0 aromatic carbocycles. The third-order valence-electron chi connectivity index (χ3n) is 5.66. The fourth-order valence-electron chi connectivity index (χ4n) is 4.44. The summed E-state index contributed by atoms with van der Waals surface area (Å²) in [7, 11) is 0. The molecule has 0 bridgehead atoms. The highest BCUT2D eigenvalue weighted by Gasteiger charge is 2.43. The van der Waals surface area contributed by atoms with Gasteiger partial charge in [0.2, 0.25) is 5.91 Å². The number of halogens is 4. The topological polar surface area (TPSA) is 41.1 Å². The van der Waals surface area contributed by atoms with Crippen LogP contribution in [0.5, 0.6) is 0 Å². The Morgan fingerprint density at radius 2 is 1.74 bits per heavy atom. The molecule has 3 aliphatic rings. The lowest BCUT2D eigenvalue weighted by atomic mass is 9.84. The van der Waals surface area contributed by atoms with Crippen LogP contribution in [0.3, 0.4) is 0 Å². The van der Waals surface area contributed by atoms with Crippen LogP contribution in [0.1, 0.15) is 57.8 Å². The Hall–Kier alpha value is -0.490. The van der Waals surface area contributed by atoms with Crippen LogP contribution in [-0.4, -0.2) is 30.2 Å². The van der Waals surface area contributed by atoms with Crippen molar-refractivity contribution in [2.75, 3.05) is 0 Å². The summed E-state index contributed by atoms with van der Waals surface area (Å²) in [6.07, 6.45) is 2.86. The van der Waals surface area contributed by atoms with Crippen LogP contribution < -0.4 is 10.6 Å². The number of rotatable bonds is 2. The maximum Gasteiger partial charge on any atom is 0.391 e. The maximum atomic E-state index is 12.8. The summed E-state index contributed by atoms with van der Waals surface area (Å²) in [4.78, 5) is 12.4. The third kappa shape index (κ3) is 4.53. The van der Waals surface area contributed by atoms with E-state index in [0.29, 0.717) is 24.8 Å². The molecule has 0 radical (unpaired) electrons. The van der Waals surface area contributed by atoms with Gasteiger partial charge in [-0.05, 0) is 44.4 Å². The van der Waals surface area contributed by atoms with Crippen LogP contribution in [-0.2, 0) is 4.79 Å². The number of amides is 1. The zero-order valence-electron chi connectivity index (χ0n) is 13.2. The number of carbonyl (C=O) groups is 1. The van der Waals surface area contributed by atoms with Crippen molar-refractivity contribution in [1.82, 2.24) is 10.6 Å². The van der Waals surface area contributed by atoms with Gasteiger partial charge in [-0.25, -0.2) is 0 Å². The highest BCUT2D eigenvalue weighted by atomic mass is 35.5. The zero-order chi connectivity index (χ0) is 15.7. The quantitative estimate of drug-likeness (QED) is 0.796. The molecule has 0 aromatic rings. The van der Waals surface area contributed by atoms with Crippen LogP contribution in [0.4, 0.5) is 13.2 Å². The summed E-state index contributed by atoms with van der Waals surface area (Å²) in [6, 6.07) is -0.101. The fourth-order valence-corrected chi connectivity index (χ4v) is 4.44. The normalized spacial score (nSPS) is 37.6. The first-order chi connectivity index (χ1) is 10.4. The minimum atomic E-state index is -4.13. The molecule has 5 unspecified atom stereocenters. The van der Waals surface area contributed by atoms with Gasteiger partial charge < -0.3 is 10.6 Å². The Kier molecular flexibility index (Phi) is 6.22. The minimum Gasteiger partial charge on any atom is -0.352 e. The zero-order valence-corrected chi connectivity index (χ0v) is 14.0. The summed E-state index contributed by atoms with van der Waals surface area (Å²) in [6.45, 7) is 0. The predicted octanol–water partition coefficient (Wildman–Crippen LogP) is 3.57. The molecule has 3 rings (SSSR count).